The zero-order valence-electron chi connectivity index (χ0n) is 14.6. The molecule has 2 aromatic rings. The number of carbonyl (C=O) groups excluding carboxylic acids is 1. The van der Waals surface area contributed by atoms with Crippen molar-refractivity contribution in [1.29, 1.82) is 0 Å². The summed E-state index contributed by atoms with van der Waals surface area (Å²) < 4.78 is 5.48. The molecule has 2 aliphatic rings. The molecule has 1 aromatic heterocycles. The van der Waals surface area contributed by atoms with Gasteiger partial charge in [0.15, 0.2) is 0 Å². The smallest absolute Gasteiger partial charge is 0.251 e. The molecule has 3 nitrogen and oxygen atoms in total. The fraction of sp³-hybridized carbons (Fsp3) is 0.381. The van der Waals surface area contributed by atoms with Gasteiger partial charge < -0.3 is 9.32 Å². The number of nitrogens with zero attached hydrogens (tertiary/aromatic N) is 1. The van der Waals surface area contributed by atoms with Crippen LogP contribution in [0.15, 0.2) is 58.2 Å². The minimum Gasteiger partial charge on any atom is -0.468 e. The predicted molar refractivity (Wildman–Crippen MR) is 106 cm³/mol. The number of hydrogen-bond donors (Lipinski definition) is 0. The Labute approximate surface area is 163 Å². The second kappa shape index (κ2) is 7.93. The Balaban J connectivity index is 1.48. The van der Waals surface area contributed by atoms with Crippen molar-refractivity contribution in [3.05, 3.63) is 70.2 Å². The fourth-order valence-electron chi connectivity index (χ4n) is 3.78. The summed E-state index contributed by atoms with van der Waals surface area (Å²) in [5.74, 6) is 2.00. The molecule has 1 aliphatic heterocycles. The first-order chi connectivity index (χ1) is 12.7. The lowest BCUT2D eigenvalue weighted by Gasteiger charge is -2.27. The van der Waals surface area contributed by atoms with Crippen molar-refractivity contribution >= 4 is 29.3 Å². The lowest BCUT2D eigenvalue weighted by molar-refractivity contribution is -0.126. The first-order valence-electron chi connectivity index (χ1n) is 9.13. The molecule has 0 spiro atoms. The van der Waals surface area contributed by atoms with Crippen molar-refractivity contribution in [2.24, 2.45) is 0 Å². The SMILES string of the molecule is O=C1C2=C(CCCC2)[C@H](SCc2ccco2)N1CCc1ccc(Cl)cc1. The maximum atomic E-state index is 13.0. The Morgan fingerprint density at radius 2 is 1.96 bits per heavy atom. The molecule has 4 rings (SSSR count). The van der Waals surface area contributed by atoms with Crippen LogP contribution in [0, 0.1) is 0 Å². The maximum Gasteiger partial charge on any atom is 0.251 e. The summed E-state index contributed by atoms with van der Waals surface area (Å²) in [5.41, 5.74) is 3.64. The Hall–Kier alpha value is -1.65. The molecular weight excluding hydrogens is 366 g/mol. The zero-order chi connectivity index (χ0) is 17.9. The van der Waals surface area contributed by atoms with Crippen LogP contribution in [0.2, 0.25) is 5.02 Å². The number of thioether (sulfide) groups is 1. The van der Waals surface area contributed by atoms with Crippen molar-refractivity contribution in [3.8, 4) is 0 Å². The van der Waals surface area contributed by atoms with E-state index < -0.39 is 0 Å². The molecule has 0 fully saturated rings. The van der Waals surface area contributed by atoms with E-state index in [0.29, 0.717) is 0 Å². The molecule has 5 heteroatoms. The van der Waals surface area contributed by atoms with Crippen LogP contribution in [0.25, 0.3) is 0 Å². The average Bonchev–Trinajstić information content (AvgIpc) is 3.27. The lowest BCUT2D eigenvalue weighted by Crippen LogP contribution is -2.35. The van der Waals surface area contributed by atoms with Crippen LogP contribution in [-0.2, 0) is 17.0 Å². The van der Waals surface area contributed by atoms with E-state index in [1.165, 1.54) is 17.6 Å². The normalized spacial score (nSPS) is 20.0. The monoisotopic (exact) mass is 387 g/mol. The Morgan fingerprint density at radius 3 is 2.73 bits per heavy atom. The van der Waals surface area contributed by atoms with Crippen molar-refractivity contribution in [2.45, 2.75) is 43.2 Å². The molecular formula is C21H22ClNO2S. The van der Waals surface area contributed by atoms with Gasteiger partial charge in [0, 0.05) is 17.1 Å². The van der Waals surface area contributed by atoms with Crippen LogP contribution in [0.4, 0.5) is 0 Å². The van der Waals surface area contributed by atoms with Crippen molar-refractivity contribution in [3.63, 3.8) is 0 Å². The van der Waals surface area contributed by atoms with Gasteiger partial charge in [-0.2, -0.15) is 0 Å². The molecule has 2 heterocycles. The molecule has 136 valence electrons. The molecule has 1 aliphatic carbocycles. The summed E-state index contributed by atoms with van der Waals surface area (Å²) in [7, 11) is 0. The van der Waals surface area contributed by atoms with Gasteiger partial charge in [-0.25, -0.2) is 0 Å². The summed E-state index contributed by atoms with van der Waals surface area (Å²) in [6.07, 6.45) is 6.86. The summed E-state index contributed by atoms with van der Waals surface area (Å²) >= 11 is 7.78. The molecule has 0 unspecified atom stereocenters. The number of carbonyl (C=O) groups is 1. The van der Waals surface area contributed by atoms with Crippen LogP contribution in [0.3, 0.4) is 0 Å². The van der Waals surface area contributed by atoms with E-state index in [1.54, 1.807) is 6.26 Å². The van der Waals surface area contributed by atoms with Crippen molar-refractivity contribution < 1.29 is 9.21 Å². The van der Waals surface area contributed by atoms with Crippen molar-refractivity contribution in [2.75, 3.05) is 6.54 Å². The second-order valence-corrected chi connectivity index (χ2v) is 8.33. The third kappa shape index (κ3) is 3.72. The fourth-order valence-corrected chi connectivity index (χ4v) is 5.23. The third-order valence-corrected chi connectivity index (χ3v) is 6.69. The third-order valence-electron chi connectivity index (χ3n) is 5.13. The summed E-state index contributed by atoms with van der Waals surface area (Å²) in [6, 6.07) is 11.8. The van der Waals surface area contributed by atoms with E-state index in [4.69, 9.17) is 16.0 Å². The standard InChI is InChI=1S/C21H22ClNO2S/c22-16-9-7-15(8-10-16)11-12-23-20(24)18-5-1-2-6-19(18)21(23)26-14-17-4-3-13-25-17/h3-4,7-10,13,21H,1-2,5-6,11-12,14H2/t21-/m0/s1. The number of amides is 1. The van der Waals surface area contributed by atoms with Crippen LogP contribution >= 0.6 is 23.4 Å². The van der Waals surface area contributed by atoms with Crippen LogP contribution in [-0.4, -0.2) is 22.7 Å². The van der Waals surface area contributed by atoms with Gasteiger partial charge in [-0.05, 0) is 67.5 Å². The Bertz CT molecular complexity index is 798. The Kier molecular flexibility index (Phi) is 5.41. The van der Waals surface area contributed by atoms with Crippen LogP contribution in [0.1, 0.15) is 37.0 Å². The molecule has 1 amide bonds. The second-order valence-electron chi connectivity index (χ2n) is 6.83. The van der Waals surface area contributed by atoms with E-state index >= 15 is 0 Å². The van der Waals surface area contributed by atoms with Gasteiger partial charge in [0.1, 0.15) is 11.1 Å². The highest BCUT2D eigenvalue weighted by atomic mass is 35.5. The molecule has 0 saturated heterocycles. The number of furan rings is 1. The number of rotatable bonds is 6. The molecule has 1 aromatic carbocycles. The topological polar surface area (TPSA) is 33.5 Å². The van der Waals surface area contributed by atoms with E-state index in [0.717, 1.165) is 54.3 Å². The number of hydrogen-bond acceptors (Lipinski definition) is 3. The Morgan fingerprint density at radius 1 is 1.15 bits per heavy atom. The van der Waals surface area contributed by atoms with E-state index in [-0.39, 0.29) is 11.3 Å². The largest absolute Gasteiger partial charge is 0.468 e. The molecule has 26 heavy (non-hydrogen) atoms. The summed E-state index contributed by atoms with van der Waals surface area (Å²) in [4.78, 5) is 15.1. The first kappa shape index (κ1) is 17.7. The van der Waals surface area contributed by atoms with Gasteiger partial charge in [0.05, 0.1) is 12.0 Å². The molecule has 0 saturated carbocycles. The molecule has 0 radical (unpaired) electrons. The molecule has 1 atom stereocenters. The minimum atomic E-state index is 0.148. The van der Waals surface area contributed by atoms with Gasteiger partial charge in [0.2, 0.25) is 0 Å². The maximum absolute atomic E-state index is 13.0. The van der Waals surface area contributed by atoms with Gasteiger partial charge in [-0.3, -0.25) is 4.79 Å². The van der Waals surface area contributed by atoms with E-state index in [2.05, 4.69) is 4.90 Å². The average molecular weight is 388 g/mol. The van der Waals surface area contributed by atoms with E-state index in [9.17, 15) is 4.79 Å². The minimum absolute atomic E-state index is 0.148. The highest BCUT2D eigenvalue weighted by Crippen LogP contribution is 2.42. The van der Waals surface area contributed by atoms with Crippen molar-refractivity contribution in [1.82, 2.24) is 4.90 Å². The highest BCUT2D eigenvalue weighted by molar-refractivity contribution is 7.99. The summed E-state index contributed by atoms with van der Waals surface area (Å²) in [6.45, 7) is 0.739. The van der Waals surface area contributed by atoms with Gasteiger partial charge in [-0.1, -0.05) is 23.7 Å². The van der Waals surface area contributed by atoms with E-state index in [1.807, 2.05) is 48.2 Å². The van der Waals surface area contributed by atoms with Gasteiger partial charge in [0.25, 0.3) is 5.91 Å². The number of halogens is 1. The predicted octanol–water partition coefficient (Wildman–Crippen LogP) is 5.45. The summed E-state index contributed by atoms with van der Waals surface area (Å²) in [5, 5.41) is 0.894. The quantitative estimate of drug-likeness (QED) is 0.661. The highest BCUT2D eigenvalue weighted by Gasteiger charge is 2.39. The molecule has 0 N–H and O–H groups in total. The van der Waals surface area contributed by atoms with Crippen LogP contribution < -0.4 is 0 Å². The van der Waals surface area contributed by atoms with Gasteiger partial charge >= 0.3 is 0 Å². The number of benzene rings is 1. The lowest BCUT2D eigenvalue weighted by atomic mass is 9.94. The first-order valence-corrected chi connectivity index (χ1v) is 10.6. The van der Waals surface area contributed by atoms with Crippen LogP contribution in [0.5, 0.6) is 0 Å². The van der Waals surface area contributed by atoms with Gasteiger partial charge in [-0.15, -0.1) is 11.8 Å². The molecule has 0 bridgehead atoms. The zero-order valence-corrected chi connectivity index (χ0v) is 16.2.